The summed E-state index contributed by atoms with van der Waals surface area (Å²) in [5.41, 5.74) is 2.37. The summed E-state index contributed by atoms with van der Waals surface area (Å²) in [6.45, 7) is 4.20. The van der Waals surface area contributed by atoms with Crippen molar-refractivity contribution in [3.63, 3.8) is 0 Å². The summed E-state index contributed by atoms with van der Waals surface area (Å²) in [6, 6.07) is 25.4. The van der Waals surface area contributed by atoms with Crippen LogP contribution in [-0.4, -0.2) is 107 Å². The number of carbonyl (C=O) groups excluding carboxylic acids is 4. The number of hydrogen-bond acceptors (Lipinski definition) is 10. The monoisotopic (exact) mass is 982 g/mol. The number of methoxy groups -OCH3 is 2. The first kappa shape index (κ1) is 53.8. The molecule has 0 radical (unpaired) electrons. The molecule has 2 N–H and O–H groups in total. The van der Waals surface area contributed by atoms with E-state index in [1.807, 2.05) is 86.6 Å². The van der Waals surface area contributed by atoms with E-state index in [9.17, 15) is 47.0 Å². The highest BCUT2D eigenvalue weighted by Gasteiger charge is 2.53. The van der Waals surface area contributed by atoms with Gasteiger partial charge in [0, 0.05) is 35.7 Å². The number of likely N-dealkylation sites (tertiary alicyclic amines) is 2. The summed E-state index contributed by atoms with van der Waals surface area (Å²) in [4.78, 5) is 52.9. The van der Waals surface area contributed by atoms with E-state index in [1.165, 1.54) is 57.8 Å². The van der Waals surface area contributed by atoms with Crippen molar-refractivity contribution in [2.24, 2.45) is 11.8 Å². The number of aliphatic hydroxyl groups excluding tert-OH is 2. The number of alkyl halides is 4. The van der Waals surface area contributed by atoms with Crippen LogP contribution >= 0.6 is 22.7 Å². The predicted octanol–water partition coefficient (Wildman–Crippen LogP) is 9.78. The number of benzene rings is 2. The van der Waals surface area contributed by atoms with Gasteiger partial charge in [0.1, 0.15) is 9.75 Å². The van der Waals surface area contributed by atoms with Crippen molar-refractivity contribution in [1.82, 2.24) is 9.80 Å². The van der Waals surface area contributed by atoms with Gasteiger partial charge in [0.2, 0.25) is 0 Å². The van der Waals surface area contributed by atoms with Crippen molar-refractivity contribution >= 4 is 46.4 Å². The predicted molar refractivity (Wildman–Crippen MR) is 256 cm³/mol. The number of rotatable bonds is 22. The number of aliphatic hydroxyl groups is 2. The molecular weight excluding hydrogens is 921 g/mol. The maximum absolute atomic E-state index is 14.2. The Kier molecular flexibility index (Phi) is 20.1. The van der Waals surface area contributed by atoms with Crippen molar-refractivity contribution in [3.8, 4) is 0 Å². The Bertz CT molecular complexity index is 2140. The van der Waals surface area contributed by atoms with Crippen LogP contribution in [0.1, 0.15) is 92.6 Å². The number of hydrogen-bond donors (Lipinski definition) is 2. The van der Waals surface area contributed by atoms with Crippen LogP contribution in [0.15, 0.2) is 109 Å². The molecule has 2 aromatic carbocycles. The summed E-state index contributed by atoms with van der Waals surface area (Å²) in [6.07, 6.45) is 8.71. The van der Waals surface area contributed by atoms with Gasteiger partial charge in [-0.3, -0.25) is 9.59 Å². The molecule has 2 aliphatic rings. The van der Waals surface area contributed by atoms with Crippen molar-refractivity contribution in [3.05, 3.63) is 140 Å². The standard InChI is InChI=1S/2C26H31F2NO4S/c2*1-18(10-11-19-7-4-3-5-8-19)22(30)14-12-20-17-26(27,28)25(32)29(20)16-6-9-21-13-15-23(34-21)24(31)33-2/h2*3-5,7-8,12-15,18,20,22,30H,6,9-11,16-17H2,1-2H3/b2*14-12+/t18-,20-,22+;18-,20-,22-/m00/s1. The second kappa shape index (κ2) is 25.4. The third kappa shape index (κ3) is 15.4. The van der Waals surface area contributed by atoms with Crippen molar-refractivity contribution in [2.45, 2.75) is 114 Å². The van der Waals surface area contributed by atoms with Gasteiger partial charge >= 0.3 is 23.8 Å². The highest BCUT2D eigenvalue weighted by atomic mass is 32.1. The number of esters is 2. The van der Waals surface area contributed by atoms with Crippen LogP contribution in [-0.2, 0) is 44.7 Å². The lowest BCUT2D eigenvalue weighted by molar-refractivity contribution is -0.148. The number of carbonyl (C=O) groups is 4. The Hall–Kier alpha value is -5.16. The van der Waals surface area contributed by atoms with E-state index in [4.69, 9.17) is 9.47 Å². The third-order valence-electron chi connectivity index (χ3n) is 12.3. The fraction of sp³-hybridized carbons (Fsp3) is 0.462. The minimum Gasteiger partial charge on any atom is -0.465 e. The molecule has 2 aromatic heterocycles. The van der Waals surface area contributed by atoms with Crippen LogP contribution in [0.4, 0.5) is 17.6 Å². The maximum atomic E-state index is 14.2. The SMILES string of the molecule is COC(=O)c1ccc(CCCN2C(=O)C(F)(F)C[C@@H]2/C=C/[C@@H](O)[C@@H](C)CCc2ccccc2)s1.COC(=O)c1ccc(CCCN2C(=O)C(F)(F)C[C@@H]2/C=C/[C@H](O)[C@@H](C)CCc2ccccc2)s1. The van der Waals surface area contributed by atoms with E-state index in [0.717, 1.165) is 35.4 Å². The molecule has 2 fully saturated rings. The molecule has 368 valence electrons. The Balaban J connectivity index is 0.000000254. The smallest absolute Gasteiger partial charge is 0.348 e. The fourth-order valence-electron chi connectivity index (χ4n) is 8.10. The van der Waals surface area contributed by atoms with E-state index in [-0.39, 0.29) is 24.9 Å². The van der Waals surface area contributed by atoms with Gasteiger partial charge in [-0.2, -0.15) is 17.6 Å². The van der Waals surface area contributed by atoms with Crippen LogP contribution in [0.3, 0.4) is 0 Å². The van der Waals surface area contributed by atoms with Crippen LogP contribution in [0.5, 0.6) is 0 Å². The largest absolute Gasteiger partial charge is 0.465 e. The van der Waals surface area contributed by atoms with E-state index < -0.39 is 72.7 Å². The summed E-state index contributed by atoms with van der Waals surface area (Å²) in [7, 11) is 2.63. The molecule has 0 spiro atoms. The van der Waals surface area contributed by atoms with E-state index in [2.05, 4.69) is 0 Å². The molecule has 0 unspecified atom stereocenters. The molecule has 0 bridgehead atoms. The summed E-state index contributed by atoms with van der Waals surface area (Å²) < 4.78 is 66.1. The number of amides is 2. The molecule has 2 aliphatic heterocycles. The summed E-state index contributed by atoms with van der Waals surface area (Å²) in [5, 5.41) is 21.0. The Morgan fingerprint density at radius 1 is 0.632 bits per heavy atom. The fourth-order valence-corrected chi connectivity index (χ4v) is 10.0. The van der Waals surface area contributed by atoms with Gasteiger partial charge in [-0.25, -0.2) is 9.59 Å². The Morgan fingerprint density at radius 2 is 1.00 bits per heavy atom. The van der Waals surface area contributed by atoms with Crippen LogP contribution in [0.25, 0.3) is 0 Å². The van der Waals surface area contributed by atoms with Gasteiger partial charge in [-0.15, -0.1) is 22.7 Å². The highest BCUT2D eigenvalue weighted by molar-refractivity contribution is 7.14. The lowest BCUT2D eigenvalue weighted by atomic mass is 9.95. The van der Waals surface area contributed by atoms with Gasteiger partial charge in [0.05, 0.1) is 38.5 Å². The van der Waals surface area contributed by atoms with Crippen LogP contribution in [0, 0.1) is 11.8 Å². The molecule has 4 aromatic rings. The van der Waals surface area contributed by atoms with E-state index in [1.54, 1.807) is 36.4 Å². The highest BCUT2D eigenvalue weighted by Crippen LogP contribution is 2.36. The Morgan fingerprint density at radius 3 is 1.35 bits per heavy atom. The Labute approximate surface area is 404 Å². The summed E-state index contributed by atoms with van der Waals surface area (Å²) in [5.74, 6) is -10.1. The minimum atomic E-state index is -3.40. The average Bonchev–Trinajstić information content (AvgIpc) is 4.11. The third-order valence-corrected chi connectivity index (χ3v) is 14.6. The molecule has 4 heterocycles. The minimum absolute atomic E-state index is 0.0506. The molecule has 2 saturated heterocycles. The number of ether oxygens (including phenoxy) is 2. The van der Waals surface area contributed by atoms with Crippen LogP contribution in [0.2, 0.25) is 0 Å². The lowest BCUT2D eigenvalue weighted by Crippen LogP contribution is -2.36. The molecule has 0 aliphatic carbocycles. The molecule has 0 saturated carbocycles. The van der Waals surface area contributed by atoms with Gasteiger partial charge in [0.15, 0.2) is 0 Å². The number of thiophene rings is 2. The number of nitrogens with zero attached hydrogens (tertiary/aromatic N) is 2. The average molecular weight is 983 g/mol. The maximum Gasteiger partial charge on any atom is 0.348 e. The molecule has 2 amide bonds. The second-order valence-corrected chi connectivity index (χ2v) is 19.8. The number of halogens is 4. The van der Waals surface area contributed by atoms with Crippen molar-refractivity contribution in [1.29, 1.82) is 0 Å². The van der Waals surface area contributed by atoms with E-state index in [0.29, 0.717) is 35.4 Å². The van der Waals surface area contributed by atoms with Crippen LogP contribution < -0.4 is 0 Å². The first-order chi connectivity index (χ1) is 32.4. The quantitative estimate of drug-likeness (QED) is 0.0452. The lowest BCUT2D eigenvalue weighted by Gasteiger charge is -2.22. The second-order valence-electron chi connectivity index (χ2n) is 17.4. The molecule has 16 heteroatoms. The van der Waals surface area contributed by atoms with Gasteiger partial charge in [0.25, 0.3) is 11.8 Å². The molecular formula is C52H62F4N2O8S2. The van der Waals surface area contributed by atoms with Gasteiger partial charge in [-0.1, -0.05) is 98.8 Å². The topological polar surface area (TPSA) is 134 Å². The molecule has 68 heavy (non-hydrogen) atoms. The molecule has 6 atom stereocenters. The zero-order valence-corrected chi connectivity index (χ0v) is 40.5. The van der Waals surface area contributed by atoms with Gasteiger partial charge in [-0.05, 0) is 98.6 Å². The zero-order chi connectivity index (χ0) is 49.4. The molecule has 10 nitrogen and oxygen atoms in total. The van der Waals surface area contributed by atoms with E-state index >= 15 is 0 Å². The molecule has 6 rings (SSSR count). The normalized spacial score (nSPS) is 19.5. The first-order valence-electron chi connectivity index (χ1n) is 22.9. The first-order valence-corrected chi connectivity index (χ1v) is 24.6. The zero-order valence-electron chi connectivity index (χ0n) is 38.9. The van der Waals surface area contributed by atoms with Gasteiger partial charge < -0.3 is 29.5 Å². The van der Waals surface area contributed by atoms with Crippen molar-refractivity contribution in [2.75, 3.05) is 27.3 Å². The number of aryl methyl sites for hydroxylation is 4. The summed E-state index contributed by atoms with van der Waals surface area (Å²) >= 11 is 2.59. The van der Waals surface area contributed by atoms with Crippen molar-refractivity contribution < 1.29 is 56.4 Å².